The van der Waals surface area contributed by atoms with Gasteiger partial charge in [-0.1, -0.05) is 45.4 Å². The maximum absolute atomic E-state index is 10.5. The predicted octanol–water partition coefficient (Wildman–Crippen LogP) is 4.53. The van der Waals surface area contributed by atoms with Crippen LogP contribution in [-0.2, 0) is 0 Å². The number of rotatable bonds is 11. The molecule has 0 saturated heterocycles. The van der Waals surface area contributed by atoms with Crippen LogP contribution in [0.4, 0.5) is 11.5 Å². The molecular formula is C15H24N4O2. The number of hydrazone groups is 1. The first-order valence-electron chi connectivity index (χ1n) is 7.62. The lowest BCUT2D eigenvalue weighted by atomic mass is 10.1. The maximum Gasteiger partial charge on any atom is 0.287 e. The molecule has 0 spiro atoms. The number of anilines is 1. The molecule has 0 aliphatic carbocycles. The average molecular weight is 292 g/mol. The highest BCUT2D eigenvalue weighted by molar-refractivity contribution is 5.58. The van der Waals surface area contributed by atoms with Gasteiger partial charge in [0, 0.05) is 12.3 Å². The fourth-order valence-corrected chi connectivity index (χ4v) is 1.93. The SMILES string of the molecule is CCCCCCCCC/C=N\Nc1ccc([N+](=O)[O-])cn1. The standard InChI is InChI=1S/C15H24N4O2/c1-2-3-4-5-6-7-8-9-12-17-18-15-11-10-14(13-16-15)19(20)21/h10-13H,2-9H2,1H3,(H,16,18)/b17-12-. The van der Waals surface area contributed by atoms with E-state index < -0.39 is 4.92 Å². The van der Waals surface area contributed by atoms with Crippen LogP contribution in [0.15, 0.2) is 23.4 Å². The maximum atomic E-state index is 10.5. The van der Waals surface area contributed by atoms with Crippen molar-refractivity contribution >= 4 is 17.7 Å². The summed E-state index contributed by atoms with van der Waals surface area (Å²) in [5.74, 6) is 0.511. The Morgan fingerprint density at radius 3 is 2.57 bits per heavy atom. The van der Waals surface area contributed by atoms with Gasteiger partial charge in [0.2, 0.25) is 0 Å². The Morgan fingerprint density at radius 2 is 1.95 bits per heavy atom. The monoisotopic (exact) mass is 292 g/mol. The van der Waals surface area contributed by atoms with Crippen molar-refractivity contribution in [2.24, 2.45) is 5.10 Å². The van der Waals surface area contributed by atoms with Crippen molar-refractivity contribution in [1.82, 2.24) is 4.98 Å². The van der Waals surface area contributed by atoms with E-state index in [1.54, 1.807) is 6.07 Å². The van der Waals surface area contributed by atoms with E-state index in [1.165, 1.54) is 50.8 Å². The quantitative estimate of drug-likeness (QED) is 0.281. The van der Waals surface area contributed by atoms with E-state index >= 15 is 0 Å². The first kappa shape index (κ1) is 17.1. The molecule has 116 valence electrons. The molecule has 1 N–H and O–H groups in total. The van der Waals surface area contributed by atoms with Crippen molar-refractivity contribution in [3.05, 3.63) is 28.4 Å². The largest absolute Gasteiger partial charge is 0.287 e. The summed E-state index contributed by atoms with van der Waals surface area (Å²) < 4.78 is 0. The third kappa shape index (κ3) is 8.02. The summed E-state index contributed by atoms with van der Waals surface area (Å²) in [6.45, 7) is 2.23. The van der Waals surface area contributed by atoms with E-state index in [2.05, 4.69) is 22.4 Å². The van der Waals surface area contributed by atoms with E-state index in [0.717, 1.165) is 12.8 Å². The third-order valence-electron chi connectivity index (χ3n) is 3.17. The van der Waals surface area contributed by atoms with Crippen LogP contribution in [0.3, 0.4) is 0 Å². The zero-order valence-corrected chi connectivity index (χ0v) is 12.6. The number of hydrogen-bond donors (Lipinski definition) is 1. The first-order valence-corrected chi connectivity index (χ1v) is 7.62. The Morgan fingerprint density at radius 1 is 1.24 bits per heavy atom. The molecule has 0 saturated carbocycles. The zero-order chi connectivity index (χ0) is 15.3. The predicted molar refractivity (Wildman–Crippen MR) is 85.6 cm³/mol. The molecule has 0 radical (unpaired) electrons. The minimum Gasteiger partial charge on any atom is -0.262 e. The van der Waals surface area contributed by atoms with Gasteiger partial charge in [-0.15, -0.1) is 0 Å². The van der Waals surface area contributed by atoms with Crippen molar-refractivity contribution < 1.29 is 4.92 Å². The van der Waals surface area contributed by atoms with Crippen LogP contribution in [-0.4, -0.2) is 16.1 Å². The Hall–Kier alpha value is -1.98. The Balaban J connectivity index is 2.08. The number of pyridine rings is 1. The van der Waals surface area contributed by atoms with Gasteiger partial charge in [0.25, 0.3) is 5.69 Å². The van der Waals surface area contributed by atoms with E-state index in [9.17, 15) is 10.1 Å². The van der Waals surface area contributed by atoms with Gasteiger partial charge < -0.3 is 0 Å². The first-order chi connectivity index (χ1) is 10.2. The molecule has 0 unspecified atom stereocenters. The molecule has 0 aliphatic rings. The highest BCUT2D eigenvalue weighted by Gasteiger charge is 2.03. The third-order valence-corrected chi connectivity index (χ3v) is 3.17. The molecule has 1 aromatic rings. The number of hydrogen-bond acceptors (Lipinski definition) is 5. The van der Waals surface area contributed by atoms with E-state index in [1.807, 2.05) is 6.21 Å². The summed E-state index contributed by atoms with van der Waals surface area (Å²) in [6.07, 6.45) is 13.0. The smallest absolute Gasteiger partial charge is 0.262 e. The zero-order valence-electron chi connectivity index (χ0n) is 12.6. The number of nitro groups is 1. The van der Waals surface area contributed by atoms with Crippen molar-refractivity contribution in [2.45, 2.75) is 58.3 Å². The molecule has 1 aromatic heterocycles. The van der Waals surface area contributed by atoms with E-state index in [4.69, 9.17) is 0 Å². The van der Waals surface area contributed by atoms with Crippen molar-refractivity contribution in [2.75, 3.05) is 5.43 Å². The van der Waals surface area contributed by atoms with Gasteiger partial charge in [0.15, 0.2) is 0 Å². The molecule has 0 atom stereocenters. The molecule has 6 nitrogen and oxygen atoms in total. The second-order valence-electron chi connectivity index (χ2n) is 4.99. The molecule has 21 heavy (non-hydrogen) atoms. The summed E-state index contributed by atoms with van der Waals surface area (Å²) in [7, 11) is 0. The summed E-state index contributed by atoms with van der Waals surface area (Å²) in [5.41, 5.74) is 2.74. The second-order valence-corrected chi connectivity index (χ2v) is 4.99. The normalized spacial score (nSPS) is 10.9. The summed E-state index contributed by atoms with van der Waals surface area (Å²) in [6, 6.07) is 2.95. The molecule has 0 amide bonds. The van der Waals surface area contributed by atoms with Crippen LogP contribution >= 0.6 is 0 Å². The summed E-state index contributed by atoms with van der Waals surface area (Å²) >= 11 is 0. The molecule has 6 heteroatoms. The summed E-state index contributed by atoms with van der Waals surface area (Å²) in [4.78, 5) is 13.9. The number of aromatic nitrogens is 1. The molecule has 1 rings (SSSR count). The minimum absolute atomic E-state index is 0.0207. The molecule has 0 bridgehead atoms. The lowest BCUT2D eigenvalue weighted by Gasteiger charge is -1.99. The highest BCUT2D eigenvalue weighted by Crippen LogP contribution is 2.11. The fraction of sp³-hybridized carbons (Fsp3) is 0.600. The number of unbranched alkanes of at least 4 members (excludes halogenated alkanes) is 7. The van der Waals surface area contributed by atoms with Crippen LogP contribution in [0, 0.1) is 10.1 Å². The Labute approximate surface area is 125 Å². The molecule has 0 fully saturated rings. The van der Waals surface area contributed by atoms with Gasteiger partial charge in [-0.2, -0.15) is 5.10 Å². The average Bonchev–Trinajstić information content (AvgIpc) is 2.49. The van der Waals surface area contributed by atoms with Crippen molar-refractivity contribution in [1.29, 1.82) is 0 Å². The number of nitrogens with one attached hydrogen (secondary N) is 1. The van der Waals surface area contributed by atoms with Gasteiger partial charge >= 0.3 is 0 Å². The minimum atomic E-state index is -0.472. The second kappa shape index (κ2) is 10.8. The topological polar surface area (TPSA) is 80.4 Å². The Bertz CT molecular complexity index is 432. The van der Waals surface area contributed by atoms with Gasteiger partial charge in [-0.3, -0.25) is 15.5 Å². The molecule has 0 aliphatic heterocycles. The van der Waals surface area contributed by atoms with E-state index in [0.29, 0.717) is 5.82 Å². The molecule has 1 heterocycles. The lowest BCUT2D eigenvalue weighted by Crippen LogP contribution is -1.94. The van der Waals surface area contributed by atoms with Gasteiger partial charge in [-0.05, 0) is 18.9 Å². The van der Waals surface area contributed by atoms with Crippen LogP contribution in [0.25, 0.3) is 0 Å². The van der Waals surface area contributed by atoms with Crippen LogP contribution in [0.2, 0.25) is 0 Å². The van der Waals surface area contributed by atoms with Gasteiger partial charge in [0.1, 0.15) is 12.0 Å². The van der Waals surface area contributed by atoms with Crippen molar-refractivity contribution in [3.63, 3.8) is 0 Å². The van der Waals surface area contributed by atoms with E-state index in [-0.39, 0.29) is 5.69 Å². The van der Waals surface area contributed by atoms with Gasteiger partial charge in [0.05, 0.1) is 4.92 Å². The van der Waals surface area contributed by atoms with Gasteiger partial charge in [-0.25, -0.2) is 4.98 Å². The Kier molecular flexibility index (Phi) is 8.75. The van der Waals surface area contributed by atoms with Crippen molar-refractivity contribution in [3.8, 4) is 0 Å². The number of nitrogens with zero attached hydrogens (tertiary/aromatic N) is 3. The van der Waals surface area contributed by atoms with Crippen LogP contribution < -0.4 is 5.43 Å². The molecular weight excluding hydrogens is 268 g/mol. The fourth-order valence-electron chi connectivity index (χ4n) is 1.93. The van der Waals surface area contributed by atoms with Crippen LogP contribution in [0.5, 0.6) is 0 Å². The highest BCUT2D eigenvalue weighted by atomic mass is 16.6. The molecule has 0 aromatic carbocycles. The lowest BCUT2D eigenvalue weighted by molar-refractivity contribution is -0.385. The summed E-state index contributed by atoms with van der Waals surface area (Å²) in [5, 5.41) is 14.5. The van der Waals surface area contributed by atoms with Crippen LogP contribution in [0.1, 0.15) is 58.3 Å².